The monoisotopic (exact) mass is 397 g/mol. The molecular weight excluding hydrogens is 378 g/mol. The van der Waals surface area contributed by atoms with Gasteiger partial charge in [0.15, 0.2) is 0 Å². The standard InChI is InChI=1S/C23H19N5O2/c1-15-13-16(2)26-23(25-15)28-22(30)19(14-24)20(17-9-5-3-6-10-17)27(28)21(29)18-11-7-4-8-12-18/h3-13,20,30H,1-2H3. The van der Waals surface area contributed by atoms with Gasteiger partial charge in [0, 0.05) is 17.0 Å². The third kappa shape index (κ3) is 3.25. The number of aromatic nitrogens is 2. The minimum Gasteiger partial charge on any atom is -0.492 e. The number of amides is 1. The number of carbonyl (C=O) groups is 1. The van der Waals surface area contributed by atoms with E-state index in [1.54, 1.807) is 44.2 Å². The first-order valence-electron chi connectivity index (χ1n) is 9.40. The van der Waals surface area contributed by atoms with E-state index in [1.165, 1.54) is 10.0 Å². The summed E-state index contributed by atoms with van der Waals surface area (Å²) in [6.07, 6.45) is 0. The maximum Gasteiger partial charge on any atom is 0.273 e. The molecule has 1 aliphatic heterocycles. The van der Waals surface area contributed by atoms with Crippen molar-refractivity contribution in [2.75, 3.05) is 5.01 Å². The number of carbonyl (C=O) groups excluding carboxylic acids is 1. The Labute approximate surface area is 174 Å². The van der Waals surface area contributed by atoms with Crippen molar-refractivity contribution < 1.29 is 9.90 Å². The molecule has 0 aliphatic carbocycles. The fourth-order valence-electron chi connectivity index (χ4n) is 3.54. The molecule has 2 aromatic carbocycles. The second kappa shape index (κ2) is 7.68. The summed E-state index contributed by atoms with van der Waals surface area (Å²) in [5.74, 6) is -0.620. The predicted molar refractivity (Wildman–Crippen MR) is 111 cm³/mol. The average Bonchev–Trinajstić information content (AvgIpc) is 3.05. The summed E-state index contributed by atoms with van der Waals surface area (Å²) in [6, 6.07) is 20.9. The third-order valence-corrected chi connectivity index (χ3v) is 4.80. The Kier molecular flexibility index (Phi) is 4.90. The number of aliphatic hydroxyl groups is 1. The first-order valence-corrected chi connectivity index (χ1v) is 9.40. The molecule has 7 heteroatoms. The van der Waals surface area contributed by atoms with Gasteiger partial charge >= 0.3 is 0 Å². The van der Waals surface area contributed by atoms with E-state index >= 15 is 0 Å². The molecule has 2 heterocycles. The molecular formula is C23H19N5O2. The molecule has 3 aromatic rings. The molecule has 0 bridgehead atoms. The zero-order valence-electron chi connectivity index (χ0n) is 16.5. The largest absolute Gasteiger partial charge is 0.492 e. The second-order valence-electron chi connectivity index (χ2n) is 6.94. The fourth-order valence-corrected chi connectivity index (χ4v) is 3.54. The van der Waals surface area contributed by atoms with Crippen LogP contribution in [0.4, 0.5) is 5.95 Å². The van der Waals surface area contributed by atoms with Crippen molar-refractivity contribution in [2.24, 2.45) is 0 Å². The number of anilines is 1. The highest BCUT2D eigenvalue weighted by atomic mass is 16.3. The fraction of sp³-hybridized carbons (Fsp3) is 0.130. The molecule has 1 amide bonds. The van der Waals surface area contributed by atoms with Crippen molar-refractivity contribution in [1.29, 1.82) is 5.26 Å². The van der Waals surface area contributed by atoms with Crippen LogP contribution in [0.1, 0.15) is 33.4 Å². The van der Waals surface area contributed by atoms with E-state index in [0.29, 0.717) is 22.5 Å². The highest BCUT2D eigenvalue weighted by Crippen LogP contribution is 2.41. The van der Waals surface area contributed by atoms with Gasteiger partial charge in [0.1, 0.15) is 17.7 Å². The van der Waals surface area contributed by atoms with Crippen LogP contribution < -0.4 is 5.01 Å². The molecule has 1 aromatic heterocycles. The smallest absolute Gasteiger partial charge is 0.273 e. The predicted octanol–water partition coefficient (Wildman–Crippen LogP) is 4.01. The van der Waals surface area contributed by atoms with Crippen molar-refractivity contribution in [3.63, 3.8) is 0 Å². The lowest BCUT2D eigenvalue weighted by atomic mass is 10.00. The normalized spacial score (nSPS) is 16.0. The molecule has 1 unspecified atom stereocenters. The molecule has 1 aliphatic rings. The highest BCUT2D eigenvalue weighted by Gasteiger charge is 2.45. The van der Waals surface area contributed by atoms with E-state index in [1.807, 2.05) is 36.4 Å². The van der Waals surface area contributed by atoms with Gasteiger partial charge in [-0.3, -0.25) is 4.79 Å². The Balaban J connectivity index is 1.93. The Bertz CT molecular complexity index is 1150. The Morgan fingerprint density at radius 2 is 1.57 bits per heavy atom. The van der Waals surface area contributed by atoms with E-state index in [9.17, 15) is 15.2 Å². The molecule has 0 saturated carbocycles. The Morgan fingerprint density at radius 1 is 1.00 bits per heavy atom. The van der Waals surface area contributed by atoms with Gasteiger partial charge in [-0.15, -0.1) is 0 Å². The highest BCUT2D eigenvalue weighted by molar-refractivity contribution is 5.96. The number of rotatable bonds is 3. The first-order chi connectivity index (χ1) is 14.5. The lowest BCUT2D eigenvalue weighted by molar-refractivity contribution is 0.0704. The van der Waals surface area contributed by atoms with Crippen LogP contribution in [0.15, 0.2) is 78.2 Å². The zero-order valence-corrected chi connectivity index (χ0v) is 16.5. The molecule has 0 saturated heterocycles. The van der Waals surface area contributed by atoms with Crippen molar-refractivity contribution in [3.8, 4) is 6.07 Å². The average molecular weight is 397 g/mol. The third-order valence-electron chi connectivity index (χ3n) is 4.80. The van der Waals surface area contributed by atoms with Gasteiger partial charge in [0.25, 0.3) is 11.9 Å². The Hall–Kier alpha value is -4.18. The topological polar surface area (TPSA) is 93.4 Å². The van der Waals surface area contributed by atoms with Gasteiger partial charge in [0.2, 0.25) is 5.88 Å². The maximum absolute atomic E-state index is 13.6. The summed E-state index contributed by atoms with van der Waals surface area (Å²) in [5, 5.41) is 23.4. The van der Waals surface area contributed by atoms with Crippen LogP contribution in [0.5, 0.6) is 0 Å². The van der Waals surface area contributed by atoms with Crippen molar-refractivity contribution in [2.45, 2.75) is 19.9 Å². The SMILES string of the molecule is Cc1cc(C)nc(N2C(O)=C(C#N)C(c3ccccc3)N2C(=O)c2ccccc2)n1. The Morgan fingerprint density at radius 3 is 2.13 bits per heavy atom. The second-order valence-corrected chi connectivity index (χ2v) is 6.94. The number of aryl methyl sites for hydroxylation is 2. The van der Waals surface area contributed by atoms with Crippen LogP contribution in [-0.4, -0.2) is 26.0 Å². The van der Waals surface area contributed by atoms with E-state index in [2.05, 4.69) is 16.0 Å². The summed E-state index contributed by atoms with van der Waals surface area (Å²) < 4.78 is 0. The number of hydrazine groups is 1. The van der Waals surface area contributed by atoms with E-state index in [-0.39, 0.29) is 23.3 Å². The van der Waals surface area contributed by atoms with Crippen molar-refractivity contribution >= 4 is 11.9 Å². The summed E-state index contributed by atoms with van der Waals surface area (Å²) in [5.41, 5.74) is 2.52. The number of nitrogens with zero attached hydrogens (tertiary/aromatic N) is 5. The van der Waals surface area contributed by atoms with E-state index < -0.39 is 6.04 Å². The van der Waals surface area contributed by atoms with Crippen LogP contribution in [0.3, 0.4) is 0 Å². The molecule has 1 N–H and O–H groups in total. The van der Waals surface area contributed by atoms with Gasteiger partial charge in [-0.25, -0.2) is 15.0 Å². The summed E-state index contributed by atoms with van der Waals surface area (Å²) in [4.78, 5) is 22.4. The van der Waals surface area contributed by atoms with Crippen LogP contribution in [0, 0.1) is 25.2 Å². The van der Waals surface area contributed by atoms with Gasteiger partial charge in [-0.2, -0.15) is 10.3 Å². The maximum atomic E-state index is 13.6. The van der Waals surface area contributed by atoms with Gasteiger partial charge in [0.05, 0.1) is 0 Å². The number of aliphatic hydroxyl groups excluding tert-OH is 1. The van der Waals surface area contributed by atoms with Crippen LogP contribution in [0.25, 0.3) is 0 Å². The molecule has 0 fully saturated rings. The quantitative estimate of drug-likeness (QED) is 0.718. The van der Waals surface area contributed by atoms with Crippen LogP contribution in [-0.2, 0) is 0 Å². The lowest BCUT2D eigenvalue weighted by Gasteiger charge is -2.32. The molecule has 1 atom stereocenters. The number of nitriles is 1. The van der Waals surface area contributed by atoms with Crippen LogP contribution in [0.2, 0.25) is 0 Å². The molecule has 4 rings (SSSR count). The minimum absolute atomic E-state index is 0.0493. The van der Waals surface area contributed by atoms with Gasteiger partial charge in [-0.1, -0.05) is 48.5 Å². The lowest BCUT2D eigenvalue weighted by Crippen LogP contribution is -2.44. The number of hydrogen-bond donors (Lipinski definition) is 1. The molecule has 30 heavy (non-hydrogen) atoms. The molecule has 7 nitrogen and oxygen atoms in total. The summed E-state index contributed by atoms with van der Waals surface area (Å²) >= 11 is 0. The number of hydrogen-bond acceptors (Lipinski definition) is 6. The van der Waals surface area contributed by atoms with E-state index in [4.69, 9.17) is 0 Å². The minimum atomic E-state index is -0.812. The van der Waals surface area contributed by atoms with E-state index in [0.717, 1.165) is 0 Å². The molecule has 148 valence electrons. The van der Waals surface area contributed by atoms with Crippen molar-refractivity contribution in [1.82, 2.24) is 15.0 Å². The summed E-state index contributed by atoms with van der Waals surface area (Å²) in [7, 11) is 0. The van der Waals surface area contributed by atoms with Gasteiger partial charge < -0.3 is 5.11 Å². The van der Waals surface area contributed by atoms with Crippen molar-refractivity contribution in [3.05, 3.63) is 101 Å². The first kappa shape index (κ1) is 19.2. The van der Waals surface area contributed by atoms with Gasteiger partial charge in [-0.05, 0) is 37.6 Å². The zero-order chi connectivity index (χ0) is 21.3. The summed E-state index contributed by atoms with van der Waals surface area (Å²) in [6.45, 7) is 3.61. The number of benzene rings is 2. The molecule has 0 spiro atoms. The molecule has 0 radical (unpaired) electrons. The van der Waals surface area contributed by atoms with Crippen LogP contribution >= 0.6 is 0 Å².